The smallest absolute Gasteiger partial charge is 0.327 e. The Morgan fingerprint density at radius 2 is 1.95 bits per heavy atom. The minimum atomic E-state index is -2.05. The second-order valence-corrected chi connectivity index (χ2v) is 5.39. The van der Waals surface area contributed by atoms with Gasteiger partial charge < -0.3 is 15.9 Å². The molecule has 114 valence electrons. The van der Waals surface area contributed by atoms with Gasteiger partial charge in [-0.15, -0.1) is 0 Å². The lowest BCUT2D eigenvalue weighted by molar-refractivity contribution is -0.139. The molecule has 3 rings (SSSR count). The van der Waals surface area contributed by atoms with Crippen molar-refractivity contribution in [2.75, 3.05) is 6.61 Å². The van der Waals surface area contributed by atoms with Crippen LogP contribution in [-0.4, -0.2) is 63.3 Å². The summed E-state index contributed by atoms with van der Waals surface area (Å²) in [7, 11) is 0. The van der Waals surface area contributed by atoms with Crippen molar-refractivity contribution in [1.29, 1.82) is 0 Å². The predicted octanol–water partition coefficient (Wildman–Crippen LogP) is -3.19. The van der Waals surface area contributed by atoms with Crippen LogP contribution in [0.3, 0.4) is 0 Å². The fourth-order valence-corrected chi connectivity index (χ4v) is 3.19. The number of hydrogen-bond acceptors (Lipinski definition) is 7. The number of guanidine groups is 1. The third-order valence-corrected chi connectivity index (χ3v) is 4.18. The van der Waals surface area contributed by atoms with E-state index in [4.69, 9.17) is 5.73 Å². The van der Waals surface area contributed by atoms with Crippen LogP contribution >= 0.6 is 0 Å². The molecular weight excluding hydrogens is 282 g/mol. The third kappa shape index (κ3) is 1.72. The Morgan fingerprint density at radius 1 is 1.29 bits per heavy atom. The van der Waals surface area contributed by atoms with Gasteiger partial charge in [0, 0.05) is 18.6 Å². The van der Waals surface area contributed by atoms with E-state index in [0.29, 0.717) is 0 Å². The maximum atomic E-state index is 12.1. The first-order valence-electron chi connectivity index (χ1n) is 6.50. The van der Waals surface area contributed by atoms with Crippen molar-refractivity contribution in [1.82, 2.24) is 15.5 Å². The third-order valence-electron chi connectivity index (χ3n) is 4.18. The molecule has 6 N–H and O–H groups in total. The van der Waals surface area contributed by atoms with Crippen LogP contribution in [0, 0.1) is 5.92 Å². The largest absolute Gasteiger partial charge is 0.396 e. The van der Waals surface area contributed by atoms with Gasteiger partial charge in [0.05, 0.1) is 6.10 Å². The van der Waals surface area contributed by atoms with Gasteiger partial charge >= 0.3 is 6.03 Å². The highest BCUT2D eigenvalue weighted by Gasteiger charge is 2.64. The number of nitrogens with zero attached hydrogens (tertiary/aromatic N) is 2. The molecule has 0 aromatic carbocycles. The molecule has 4 amide bonds. The summed E-state index contributed by atoms with van der Waals surface area (Å²) in [6.07, 6.45) is -0.398. The van der Waals surface area contributed by atoms with E-state index in [2.05, 4.69) is 15.6 Å². The summed E-state index contributed by atoms with van der Waals surface area (Å²) in [6.45, 7) is -0.244. The molecule has 1 saturated heterocycles. The molecule has 0 bridgehead atoms. The van der Waals surface area contributed by atoms with Crippen molar-refractivity contribution >= 4 is 23.8 Å². The van der Waals surface area contributed by atoms with Gasteiger partial charge in [0.15, 0.2) is 5.96 Å². The van der Waals surface area contributed by atoms with E-state index in [1.165, 1.54) is 0 Å². The molecule has 0 aromatic rings. The van der Waals surface area contributed by atoms with Crippen molar-refractivity contribution in [3.05, 3.63) is 0 Å². The molecule has 2 fully saturated rings. The fourth-order valence-electron chi connectivity index (χ4n) is 3.19. The molecule has 21 heavy (non-hydrogen) atoms. The quantitative estimate of drug-likeness (QED) is 0.267. The first-order chi connectivity index (χ1) is 9.90. The lowest BCUT2D eigenvalue weighted by Crippen LogP contribution is -2.58. The molecule has 2 aliphatic heterocycles. The van der Waals surface area contributed by atoms with Crippen LogP contribution in [0.5, 0.6) is 0 Å². The van der Waals surface area contributed by atoms with Crippen molar-refractivity contribution in [3.8, 4) is 0 Å². The van der Waals surface area contributed by atoms with Crippen LogP contribution in [0.4, 0.5) is 4.79 Å². The van der Waals surface area contributed by atoms with E-state index >= 15 is 0 Å². The minimum Gasteiger partial charge on any atom is -0.396 e. The summed E-state index contributed by atoms with van der Waals surface area (Å²) < 4.78 is 0. The lowest BCUT2D eigenvalue weighted by atomic mass is 10.0. The highest BCUT2D eigenvalue weighted by atomic mass is 16.3. The van der Waals surface area contributed by atoms with Gasteiger partial charge in [0.25, 0.3) is 17.5 Å². The fraction of sp³-hybridized carbons (Fsp3) is 0.636. The second kappa shape index (κ2) is 4.40. The highest BCUT2D eigenvalue weighted by Crippen LogP contribution is 2.37. The van der Waals surface area contributed by atoms with Gasteiger partial charge in [-0.1, -0.05) is 0 Å². The molecule has 4 atom stereocenters. The first kappa shape index (κ1) is 13.8. The maximum Gasteiger partial charge on any atom is 0.327 e. The standard InChI is InChI=1S/C11H15N5O5/c12-9-13-7(19)11(15-9)8(20)14-10(21)16(11)5-1-4(3-17)6(18)2-5/h4-6,17-18H,1-3H2,(H,14,20,21)(H3,12,13,15,19)/t4-,5-,6+,11?/m1/s1. The first-order valence-corrected chi connectivity index (χ1v) is 6.50. The molecule has 10 nitrogen and oxygen atoms in total. The van der Waals surface area contributed by atoms with E-state index < -0.39 is 41.6 Å². The van der Waals surface area contributed by atoms with E-state index in [-0.39, 0.29) is 25.4 Å². The van der Waals surface area contributed by atoms with Crippen molar-refractivity contribution in [2.24, 2.45) is 16.6 Å². The van der Waals surface area contributed by atoms with Gasteiger partial charge in [-0.3, -0.25) is 25.1 Å². The number of rotatable bonds is 2. The number of hydrogen-bond donors (Lipinski definition) is 5. The van der Waals surface area contributed by atoms with E-state index in [1.807, 2.05) is 0 Å². The number of aliphatic hydroxyl groups is 2. The molecule has 2 heterocycles. The monoisotopic (exact) mass is 297 g/mol. The Kier molecular flexibility index (Phi) is 2.88. The number of carbonyl (C=O) groups excluding carboxylic acids is 3. The number of nitrogens with two attached hydrogens (primary N) is 1. The number of nitrogens with one attached hydrogen (secondary N) is 2. The molecule has 1 unspecified atom stereocenters. The number of carbonyl (C=O) groups is 3. The number of amides is 4. The Morgan fingerprint density at radius 3 is 2.48 bits per heavy atom. The van der Waals surface area contributed by atoms with E-state index in [1.54, 1.807) is 0 Å². The summed E-state index contributed by atoms with van der Waals surface area (Å²) in [5, 5.41) is 23.3. The van der Waals surface area contributed by atoms with Gasteiger partial charge in [0.2, 0.25) is 0 Å². The van der Waals surface area contributed by atoms with Gasteiger partial charge in [0.1, 0.15) is 0 Å². The van der Waals surface area contributed by atoms with Crippen LogP contribution in [0.2, 0.25) is 0 Å². The number of aliphatic imine (C=N–C) groups is 1. The Labute approximate surface area is 119 Å². The molecule has 10 heteroatoms. The molecule has 0 radical (unpaired) electrons. The highest BCUT2D eigenvalue weighted by molar-refractivity contribution is 6.25. The van der Waals surface area contributed by atoms with Crippen LogP contribution in [0.1, 0.15) is 12.8 Å². The van der Waals surface area contributed by atoms with Crippen LogP contribution in [-0.2, 0) is 9.59 Å². The van der Waals surface area contributed by atoms with Crippen LogP contribution in [0.15, 0.2) is 4.99 Å². The summed E-state index contributed by atoms with van der Waals surface area (Å²) in [4.78, 5) is 41.0. The lowest BCUT2D eigenvalue weighted by Gasteiger charge is -2.31. The van der Waals surface area contributed by atoms with Gasteiger partial charge in [-0.25, -0.2) is 9.79 Å². The Balaban J connectivity index is 1.98. The average molecular weight is 297 g/mol. The summed E-state index contributed by atoms with van der Waals surface area (Å²) in [6, 6.07) is -1.35. The number of aliphatic hydroxyl groups excluding tert-OH is 2. The zero-order valence-electron chi connectivity index (χ0n) is 10.9. The van der Waals surface area contributed by atoms with Crippen molar-refractivity contribution < 1.29 is 24.6 Å². The second-order valence-electron chi connectivity index (χ2n) is 5.39. The molecule has 1 aliphatic carbocycles. The number of imide groups is 1. The molecule has 1 spiro atoms. The Bertz CT molecular complexity index is 563. The Hall–Kier alpha value is -2.20. The topological polar surface area (TPSA) is 157 Å². The number of urea groups is 1. The SMILES string of the molecule is NC1=NC2(C(=O)NC(=O)N2[C@@H]2C[C@H](CO)[C@@H](O)C2)C(=O)N1. The zero-order chi connectivity index (χ0) is 15.4. The summed E-state index contributed by atoms with van der Waals surface area (Å²) in [5.74, 6) is -2.33. The van der Waals surface area contributed by atoms with Gasteiger partial charge in [-0.05, 0) is 12.8 Å². The van der Waals surface area contributed by atoms with Crippen molar-refractivity contribution in [3.63, 3.8) is 0 Å². The summed E-state index contributed by atoms with van der Waals surface area (Å²) >= 11 is 0. The molecule has 3 aliphatic rings. The normalized spacial score (nSPS) is 39.0. The maximum absolute atomic E-state index is 12.1. The van der Waals surface area contributed by atoms with Gasteiger partial charge in [-0.2, -0.15) is 0 Å². The van der Waals surface area contributed by atoms with Crippen LogP contribution < -0.4 is 16.4 Å². The van der Waals surface area contributed by atoms with E-state index in [9.17, 15) is 24.6 Å². The van der Waals surface area contributed by atoms with Crippen LogP contribution in [0.25, 0.3) is 0 Å². The zero-order valence-corrected chi connectivity index (χ0v) is 10.9. The average Bonchev–Trinajstić information content (AvgIpc) is 2.98. The molecular formula is C11H15N5O5. The van der Waals surface area contributed by atoms with Crippen molar-refractivity contribution in [2.45, 2.75) is 30.7 Å². The summed E-state index contributed by atoms with van der Waals surface area (Å²) in [5.41, 5.74) is 3.39. The predicted molar refractivity (Wildman–Crippen MR) is 67.5 cm³/mol. The minimum absolute atomic E-state index is 0.149. The molecule has 1 saturated carbocycles. The van der Waals surface area contributed by atoms with E-state index in [0.717, 1.165) is 4.90 Å². The molecule has 0 aromatic heterocycles.